The fourth-order valence-electron chi connectivity index (χ4n) is 0.967. The summed E-state index contributed by atoms with van der Waals surface area (Å²) in [7, 11) is 0. The maximum atomic E-state index is 13.1. The number of nitrogens with two attached hydrogens (primary N) is 1. The number of carbonyl (C=O) groups excluding carboxylic acids is 1. The summed E-state index contributed by atoms with van der Waals surface area (Å²) in [5.74, 6) is -2.76. The average molecular weight is 211 g/mol. The quantitative estimate of drug-likeness (QED) is 0.623. The van der Waals surface area contributed by atoms with Crippen molar-refractivity contribution >= 4 is 17.6 Å². The number of carboxylic acid groups (broad SMARTS) is 1. The molecule has 0 heterocycles. The molecule has 0 spiro atoms. The maximum Gasteiger partial charge on any atom is 0.322 e. The van der Waals surface area contributed by atoms with Crippen LogP contribution in [0.1, 0.15) is 10.4 Å². The first kappa shape index (κ1) is 11.0. The number of benzene rings is 1. The lowest BCUT2D eigenvalue weighted by Crippen LogP contribution is -2.29. The van der Waals surface area contributed by atoms with Gasteiger partial charge in [0.05, 0.1) is 5.56 Å². The predicted molar refractivity (Wildman–Crippen MR) is 50.8 cm³/mol. The topological polar surface area (TPSA) is 92.4 Å². The van der Waals surface area contributed by atoms with E-state index in [0.29, 0.717) is 0 Å². The molecule has 0 unspecified atom stereocenters. The number of aliphatic carboxylic acids is 1. The zero-order chi connectivity index (χ0) is 11.4. The van der Waals surface area contributed by atoms with Crippen LogP contribution < -0.4 is 11.1 Å². The Hall–Kier alpha value is -2.11. The Morgan fingerprint density at radius 2 is 2.13 bits per heavy atom. The molecule has 0 aliphatic carbocycles. The molecule has 6 heteroatoms. The van der Waals surface area contributed by atoms with Crippen LogP contribution in [0.3, 0.4) is 0 Å². The minimum Gasteiger partial charge on any atom is -0.480 e. The van der Waals surface area contributed by atoms with E-state index in [0.717, 1.165) is 6.07 Å². The molecular weight excluding hydrogens is 202 g/mol. The van der Waals surface area contributed by atoms with Gasteiger partial charge in [-0.1, -0.05) is 0 Å². The third-order valence-corrected chi connectivity index (χ3v) is 1.64. The van der Waals surface area contributed by atoms with Gasteiger partial charge in [0.1, 0.15) is 12.4 Å². The lowest BCUT2D eigenvalue weighted by molar-refractivity contribution is -0.135. The van der Waals surface area contributed by atoms with Crippen LogP contribution in [0, 0.1) is 5.82 Å². The van der Waals surface area contributed by atoms with E-state index in [-0.39, 0.29) is 11.3 Å². The average Bonchev–Trinajstić information content (AvgIpc) is 2.14. The normalized spacial score (nSPS) is 9.67. The number of rotatable bonds is 3. The van der Waals surface area contributed by atoms with E-state index in [1.165, 1.54) is 12.1 Å². The zero-order valence-corrected chi connectivity index (χ0v) is 7.66. The third kappa shape index (κ3) is 2.94. The van der Waals surface area contributed by atoms with Crippen molar-refractivity contribution in [3.63, 3.8) is 0 Å². The number of carboxylic acids is 1. The zero-order valence-electron chi connectivity index (χ0n) is 7.66. The minimum absolute atomic E-state index is 0.197. The van der Waals surface area contributed by atoms with Gasteiger partial charge in [0.25, 0.3) is 5.91 Å². The fraction of sp³-hybridized carbons (Fsp3) is 0.111. The minimum atomic E-state index is -1.20. The Kier molecular flexibility index (Phi) is 3.22. The van der Waals surface area contributed by atoms with Gasteiger partial charge in [-0.05, 0) is 18.2 Å². The van der Waals surface area contributed by atoms with Gasteiger partial charge in [0, 0.05) is 5.69 Å². The molecule has 0 saturated heterocycles. The molecule has 4 N–H and O–H groups in total. The maximum absolute atomic E-state index is 13.1. The largest absolute Gasteiger partial charge is 0.480 e. The van der Waals surface area contributed by atoms with Gasteiger partial charge in [-0.3, -0.25) is 9.59 Å². The summed E-state index contributed by atoms with van der Waals surface area (Å²) in [4.78, 5) is 21.4. The Balaban J connectivity index is 2.78. The molecular formula is C9H9FN2O3. The summed E-state index contributed by atoms with van der Waals surface area (Å²) >= 11 is 0. The highest BCUT2D eigenvalue weighted by Gasteiger charge is 2.12. The molecule has 0 aromatic heterocycles. The molecule has 0 aliphatic rings. The molecule has 5 nitrogen and oxygen atoms in total. The fourth-order valence-corrected chi connectivity index (χ4v) is 0.967. The van der Waals surface area contributed by atoms with Gasteiger partial charge in [-0.15, -0.1) is 0 Å². The summed E-state index contributed by atoms with van der Waals surface area (Å²) < 4.78 is 13.1. The summed E-state index contributed by atoms with van der Waals surface area (Å²) in [5.41, 5.74) is 5.25. The molecule has 0 fully saturated rings. The standard InChI is InChI=1S/C9H9FN2O3/c10-7-3-5(11)1-2-6(7)9(15)12-4-8(13)14/h1-3H,4,11H2,(H,12,15)(H,13,14)/i10-1. The number of anilines is 1. The number of hydrogen-bond acceptors (Lipinski definition) is 3. The third-order valence-electron chi connectivity index (χ3n) is 1.64. The van der Waals surface area contributed by atoms with Crippen LogP contribution in [0.2, 0.25) is 0 Å². The van der Waals surface area contributed by atoms with E-state index in [2.05, 4.69) is 0 Å². The molecule has 0 radical (unpaired) electrons. The van der Waals surface area contributed by atoms with Gasteiger partial charge in [0.15, 0.2) is 0 Å². The van der Waals surface area contributed by atoms with E-state index in [1.54, 1.807) is 0 Å². The van der Waals surface area contributed by atoms with Gasteiger partial charge in [0.2, 0.25) is 0 Å². The van der Waals surface area contributed by atoms with Crippen LogP contribution in [0.15, 0.2) is 18.2 Å². The molecule has 0 atom stereocenters. The van der Waals surface area contributed by atoms with Crippen molar-refractivity contribution in [2.45, 2.75) is 0 Å². The van der Waals surface area contributed by atoms with Crippen LogP contribution >= 0.6 is 0 Å². The van der Waals surface area contributed by atoms with E-state index in [4.69, 9.17) is 10.8 Å². The Labute approximate surface area is 84.7 Å². The Morgan fingerprint density at radius 3 is 2.67 bits per heavy atom. The summed E-state index contributed by atoms with van der Waals surface area (Å²) in [6.45, 7) is -0.553. The predicted octanol–water partition coefficient (Wildman–Crippen LogP) is 0.222. The molecule has 80 valence electrons. The van der Waals surface area contributed by atoms with Crippen molar-refractivity contribution in [2.75, 3.05) is 12.3 Å². The molecule has 1 aromatic rings. The van der Waals surface area contributed by atoms with Crippen molar-refractivity contribution in [3.05, 3.63) is 29.6 Å². The van der Waals surface area contributed by atoms with E-state index in [1.807, 2.05) is 5.32 Å². The van der Waals surface area contributed by atoms with Crippen LogP contribution in [0.5, 0.6) is 0 Å². The Bertz CT molecular complexity index is 406. The van der Waals surface area contributed by atoms with Gasteiger partial charge < -0.3 is 16.2 Å². The lowest BCUT2D eigenvalue weighted by Gasteiger charge is -2.03. The molecule has 0 aliphatic heterocycles. The van der Waals surface area contributed by atoms with Gasteiger partial charge in [-0.25, -0.2) is 4.39 Å². The highest BCUT2D eigenvalue weighted by atomic mass is 18.2. The Morgan fingerprint density at radius 1 is 1.47 bits per heavy atom. The number of halogens is 1. The number of nitrogen functional groups attached to an aromatic ring is 1. The van der Waals surface area contributed by atoms with Crippen molar-refractivity contribution in [3.8, 4) is 0 Å². The number of hydrogen-bond donors (Lipinski definition) is 3. The number of nitrogens with one attached hydrogen (secondary N) is 1. The second-order valence-electron chi connectivity index (χ2n) is 2.82. The highest BCUT2D eigenvalue weighted by Crippen LogP contribution is 2.11. The first-order valence-corrected chi connectivity index (χ1v) is 4.05. The second-order valence-corrected chi connectivity index (χ2v) is 2.82. The van der Waals surface area contributed by atoms with Crippen LogP contribution in [0.25, 0.3) is 0 Å². The van der Waals surface area contributed by atoms with Gasteiger partial charge >= 0.3 is 5.97 Å². The SMILES string of the molecule is Nc1ccc(C(=O)NCC(=O)O)c([18F])c1. The van der Waals surface area contributed by atoms with E-state index < -0.39 is 24.2 Å². The summed E-state index contributed by atoms with van der Waals surface area (Å²) in [6, 6.07) is 3.55. The van der Waals surface area contributed by atoms with Crippen molar-refractivity contribution < 1.29 is 19.1 Å². The van der Waals surface area contributed by atoms with Crippen molar-refractivity contribution in [1.29, 1.82) is 0 Å². The number of carbonyl (C=O) groups is 2. The van der Waals surface area contributed by atoms with Crippen molar-refractivity contribution in [1.82, 2.24) is 5.32 Å². The van der Waals surface area contributed by atoms with Crippen molar-refractivity contribution in [2.24, 2.45) is 0 Å². The molecule has 0 bridgehead atoms. The summed E-state index contributed by atoms with van der Waals surface area (Å²) in [5, 5.41) is 10.3. The first-order valence-electron chi connectivity index (χ1n) is 4.05. The highest BCUT2D eigenvalue weighted by molar-refractivity contribution is 5.96. The molecule has 15 heavy (non-hydrogen) atoms. The van der Waals surface area contributed by atoms with E-state index in [9.17, 15) is 14.0 Å². The first-order chi connectivity index (χ1) is 7.00. The molecule has 1 rings (SSSR count). The van der Waals surface area contributed by atoms with Gasteiger partial charge in [-0.2, -0.15) is 0 Å². The lowest BCUT2D eigenvalue weighted by atomic mass is 10.2. The second kappa shape index (κ2) is 4.41. The number of amides is 1. The summed E-state index contributed by atoms with van der Waals surface area (Å²) in [6.07, 6.45) is 0. The molecule has 0 saturated carbocycles. The van der Waals surface area contributed by atoms with E-state index >= 15 is 0 Å². The van der Waals surface area contributed by atoms with Crippen LogP contribution in [-0.2, 0) is 4.79 Å². The smallest absolute Gasteiger partial charge is 0.322 e. The molecule has 1 aromatic carbocycles. The van der Waals surface area contributed by atoms with Crippen LogP contribution in [-0.4, -0.2) is 23.5 Å². The molecule has 1 amide bonds. The van der Waals surface area contributed by atoms with Crippen LogP contribution in [0.4, 0.5) is 10.1 Å². The monoisotopic (exact) mass is 211 g/mol.